The van der Waals surface area contributed by atoms with Crippen LogP contribution in [-0.4, -0.2) is 40.0 Å². The van der Waals surface area contributed by atoms with E-state index in [0.29, 0.717) is 31.4 Å². The Labute approximate surface area is 191 Å². The van der Waals surface area contributed by atoms with E-state index in [1.54, 1.807) is 29.2 Å². The number of fused-ring (bicyclic) bond motifs is 1. The Morgan fingerprint density at radius 3 is 2.26 bits per heavy atom. The molecule has 2 heterocycles. The third-order valence-electron chi connectivity index (χ3n) is 5.93. The van der Waals surface area contributed by atoms with Gasteiger partial charge >= 0.3 is 12.4 Å². The summed E-state index contributed by atoms with van der Waals surface area (Å²) in [5.41, 5.74) is -0.528. The van der Waals surface area contributed by atoms with E-state index >= 15 is 0 Å². The van der Waals surface area contributed by atoms with Crippen molar-refractivity contribution in [2.24, 2.45) is 5.92 Å². The van der Waals surface area contributed by atoms with E-state index in [-0.39, 0.29) is 30.2 Å². The summed E-state index contributed by atoms with van der Waals surface area (Å²) in [7, 11) is 0. The lowest BCUT2D eigenvalue weighted by atomic mass is 9.96. The molecule has 0 bridgehead atoms. The minimum absolute atomic E-state index is 0.0519. The van der Waals surface area contributed by atoms with Crippen LogP contribution in [0.25, 0.3) is 11.0 Å². The molecule has 2 aromatic carbocycles. The van der Waals surface area contributed by atoms with Crippen LogP contribution in [0.5, 0.6) is 0 Å². The first kappa shape index (κ1) is 24.1. The van der Waals surface area contributed by atoms with Gasteiger partial charge in [0.2, 0.25) is 11.7 Å². The molecule has 0 atom stereocenters. The Balaban J connectivity index is 1.37. The molecule has 0 unspecified atom stereocenters. The van der Waals surface area contributed by atoms with Crippen molar-refractivity contribution >= 4 is 22.6 Å². The highest BCUT2D eigenvalue weighted by atomic mass is 19.4. The number of alkyl halides is 6. The molecule has 1 fully saturated rings. The second kappa shape index (κ2) is 9.28. The molecule has 0 aliphatic carbocycles. The topological polar surface area (TPSA) is 50.2 Å². The van der Waals surface area contributed by atoms with Crippen LogP contribution in [0.3, 0.4) is 0 Å². The molecular formula is C23H22F6N4O. The second-order valence-electron chi connectivity index (χ2n) is 8.34. The molecule has 1 aromatic heterocycles. The smallest absolute Gasteiger partial charge is 0.324 e. The lowest BCUT2D eigenvalue weighted by Gasteiger charge is -2.32. The maximum atomic E-state index is 13.5. The molecule has 11 heteroatoms. The molecule has 0 spiro atoms. The molecule has 0 radical (unpaired) electrons. The first-order chi connectivity index (χ1) is 16.0. The van der Waals surface area contributed by atoms with Gasteiger partial charge in [0, 0.05) is 6.54 Å². The van der Waals surface area contributed by atoms with Gasteiger partial charge in [-0.05, 0) is 56.1 Å². The third-order valence-corrected chi connectivity index (χ3v) is 5.93. The summed E-state index contributed by atoms with van der Waals surface area (Å²) in [6.07, 6.45) is -8.06. The van der Waals surface area contributed by atoms with Crippen LogP contribution >= 0.6 is 0 Å². The maximum absolute atomic E-state index is 13.5. The van der Waals surface area contributed by atoms with Crippen LogP contribution < -0.4 is 5.32 Å². The second-order valence-corrected chi connectivity index (χ2v) is 8.34. The number of benzene rings is 2. The van der Waals surface area contributed by atoms with Gasteiger partial charge in [-0.2, -0.15) is 26.3 Å². The molecule has 4 rings (SSSR count). The number of halogens is 6. The van der Waals surface area contributed by atoms with Gasteiger partial charge in [0.05, 0.1) is 28.8 Å². The largest absolute Gasteiger partial charge is 0.449 e. The molecule has 34 heavy (non-hydrogen) atoms. The first-order valence-electron chi connectivity index (χ1n) is 10.7. The molecule has 1 aliphatic rings. The minimum atomic E-state index is -4.59. The van der Waals surface area contributed by atoms with Crippen LogP contribution in [0.15, 0.2) is 48.5 Å². The van der Waals surface area contributed by atoms with E-state index in [1.807, 2.05) is 0 Å². The van der Waals surface area contributed by atoms with Crippen molar-refractivity contribution in [2.75, 3.05) is 25.0 Å². The molecule has 1 N–H and O–H groups in total. The number of anilines is 1. The third kappa shape index (κ3) is 5.35. The lowest BCUT2D eigenvalue weighted by molar-refractivity contribution is -0.147. The van der Waals surface area contributed by atoms with Crippen LogP contribution in [0.1, 0.15) is 24.2 Å². The number of hydrogen-bond donors (Lipinski definition) is 1. The molecule has 3 aromatic rings. The van der Waals surface area contributed by atoms with Gasteiger partial charge in [-0.25, -0.2) is 4.98 Å². The summed E-state index contributed by atoms with van der Waals surface area (Å²) in [6.45, 7) is 0.953. The van der Waals surface area contributed by atoms with E-state index in [9.17, 15) is 31.1 Å². The van der Waals surface area contributed by atoms with Gasteiger partial charge in [0.1, 0.15) is 0 Å². The monoisotopic (exact) mass is 484 g/mol. The van der Waals surface area contributed by atoms with Gasteiger partial charge in [0.15, 0.2) is 0 Å². The number of likely N-dealkylation sites (tertiary alicyclic amines) is 1. The molecule has 0 saturated carbocycles. The van der Waals surface area contributed by atoms with E-state index in [2.05, 4.69) is 10.3 Å². The predicted molar refractivity (Wildman–Crippen MR) is 114 cm³/mol. The van der Waals surface area contributed by atoms with Crippen LogP contribution in [0.4, 0.5) is 32.0 Å². The lowest BCUT2D eigenvalue weighted by Crippen LogP contribution is -2.40. The Morgan fingerprint density at radius 1 is 0.941 bits per heavy atom. The number of amides is 1. The van der Waals surface area contributed by atoms with Crippen molar-refractivity contribution in [3.63, 3.8) is 0 Å². The van der Waals surface area contributed by atoms with E-state index in [0.717, 1.165) is 6.07 Å². The fraction of sp³-hybridized carbons (Fsp3) is 0.391. The number of hydrogen-bond acceptors (Lipinski definition) is 3. The Hall–Kier alpha value is -3.08. The maximum Gasteiger partial charge on any atom is 0.449 e. The number of nitrogens with zero attached hydrogens (tertiary/aromatic N) is 3. The van der Waals surface area contributed by atoms with Gasteiger partial charge < -0.3 is 9.88 Å². The average Bonchev–Trinajstić information content (AvgIpc) is 3.14. The molecule has 1 aliphatic heterocycles. The fourth-order valence-corrected chi connectivity index (χ4v) is 4.29. The molecule has 5 nitrogen and oxygen atoms in total. The zero-order chi connectivity index (χ0) is 24.5. The zero-order valence-corrected chi connectivity index (χ0v) is 18.0. The average molecular weight is 484 g/mol. The summed E-state index contributed by atoms with van der Waals surface area (Å²) < 4.78 is 81.1. The van der Waals surface area contributed by atoms with Gasteiger partial charge in [0.25, 0.3) is 0 Å². The Kier molecular flexibility index (Phi) is 6.57. The first-order valence-corrected chi connectivity index (χ1v) is 10.7. The normalized spacial score (nSPS) is 16.2. The van der Waals surface area contributed by atoms with Crippen LogP contribution in [0.2, 0.25) is 0 Å². The number of carbonyl (C=O) groups is 1. The minimum Gasteiger partial charge on any atom is -0.324 e. The zero-order valence-electron chi connectivity index (χ0n) is 18.0. The number of aromatic nitrogens is 2. The number of imidazole rings is 1. The SMILES string of the molecule is O=C(CN1CCC(Cn2c(C(F)(F)F)nc3ccccc32)CC1)Nc1ccccc1C(F)(F)F. The summed E-state index contributed by atoms with van der Waals surface area (Å²) in [4.78, 5) is 17.9. The molecular weight excluding hydrogens is 462 g/mol. The summed E-state index contributed by atoms with van der Waals surface area (Å²) in [5.74, 6) is -1.56. The predicted octanol–water partition coefficient (Wildman–Crippen LogP) is 5.42. The van der Waals surface area contributed by atoms with Gasteiger partial charge in [-0.1, -0.05) is 24.3 Å². The van der Waals surface area contributed by atoms with Crippen molar-refractivity contribution in [3.05, 3.63) is 59.9 Å². The number of carbonyl (C=O) groups excluding carboxylic acids is 1. The number of piperidine rings is 1. The Morgan fingerprint density at radius 2 is 1.59 bits per heavy atom. The van der Waals surface area contributed by atoms with Crippen molar-refractivity contribution in [3.8, 4) is 0 Å². The van der Waals surface area contributed by atoms with Crippen molar-refractivity contribution < 1.29 is 31.1 Å². The highest BCUT2D eigenvalue weighted by molar-refractivity contribution is 5.93. The summed E-state index contributed by atoms with van der Waals surface area (Å²) in [5, 5.41) is 2.32. The fourth-order valence-electron chi connectivity index (χ4n) is 4.29. The number of para-hydroxylation sites is 3. The van der Waals surface area contributed by atoms with E-state index < -0.39 is 29.6 Å². The van der Waals surface area contributed by atoms with Crippen molar-refractivity contribution in [1.29, 1.82) is 0 Å². The quantitative estimate of drug-likeness (QED) is 0.492. The van der Waals surface area contributed by atoms with E-state index in [4.69, 9.17) is 0 Å². The summed E-state index contributed by atoms with van der Waals surface area (Å²) in [6, 6.07) is 11.2. The van der Waals surface area contributed by atoms with Gasteiger partial charge in [-0.15, -0.1) is 0 Å². The van der Waals surface area contributed by atoms with Crippen LogP contribution in [-0.2, 0) is 23.7 Å². The molecule has 1 saturated heterocycles. The van der Waals surface area contributed by atoms with Crippen molar-refractivity contribution in [1.82, 2.24) is 14.5 Å². The molecule has 182 valence electrons. The number of rotatable bonds is 5. The number of nitrogens with one attached hydrogen (secondary N) is 1. The van der Waals surface area contributed by atoms with Crippen LogP contribution in [0, 0.1) is 5.92 Å². The highest BCUT2D eigenvalue weighted by Crippen LogP contribution is 2.35. The Bertz CT molecular complexity index is 1160. The summed E-state index contributed by atoms with van der Waals surface area (Å²) >= 11 is 0. The molecule has 1 amide bonds. The highest BCUT2D eigenvalue weighted by Gasteiger charge is 2.38. The standard InChI is InChI=1S/C23H22F6N4O/c24-22(25,26)16-5-1-2-6-17(16)30-20(34)14-32-11-9-15(10-12-32)13-33-19-8-4-3-7-18(19)31-21(33)23(27,28)29/h1-8,15H,9-14H2,(H,30,34). The van der Waals surface area contributed by atoms with E-state index in [1.165, 1.54) is 22.8 Å². The van der Waals surface area contributed by atoms with Gasteiger partial charge in [-0.3, -0.25) is 9.69 Å². The van der Waals surface area contributed by atoms with Crippen molar-refractivity contribution in [2.45, 2.75) is 31.7 Å².